The minimum Gasteiger partial charge on any atom is -0.379 e. The van der Waals surface area contributed by atoms with Gasteiger partial charge in [-0.05, 0) is 39.2 Å². The molecule has 1 heterocycles. The first-order chi connectivity index (χ1) is 12.2. The smallest absolute Gasteiger partial charge is 0.191 e. The zero-order chi connectivity index (χ0) is 17.9. The standard InChI is InChI=1S/C20H34N4O/c1-4-21-20(22-16-18(3)24-12-14-25-15-13-24)23-17(2)10-11-19-8-6-5-7-9-19/h5-9,17-18H,4,10-16H2,1-3H3,(H2,21,22,23). The number of aliphatic imine (C=N–C) groups is 1. The van der Waals surface area contributed by atoms with Crippen molar-refractivity contribution in [2.24, 2.45) is 4.99 Å². The van der Waals surface area contributed by atoms with Crippen LogP contribution >= 0.6 is 0 Å². The number of hydrogen-bond acceptors (Lipinski definition) is 3. The monoisotopic (exact) mass is 346 g/mol. The number of benzene rings is 1. The first-order valence-corrected chi connectivity index (χ1v) is 9.59. The molecule has 1 aromatic rings. The zero-order valence-corrected chi connectivity index (χ0v) is 16.0. The summed E-state index contributed by atoms with van der Waals surface area (Å²) >= 11 is 0. The van der Waals surface area contributed by atoms with Gasteiger partial charge in [-0.25, -0.2) is 0 Å². The topological polar surface area (TPSA) is 48.9 Å². The average molecular weight is 347 g/mol. The summed E-state index contributed by atoms with van der Waals surface area (Å²) in [5.74, 6) is 0.920. The van der Waals surface area contributed by atoms with Crippen molar-refractivity contribution in [1.82, 2.24) is 15.5 Å². The summed E-state index contributed by atoms with van der Waals surface area (Å²) in [6, 6.07) is 11.5. The van der Waals surface area contributed by atoms with Crippen LogP contribution in [0.25, 0.3) is 0 Å². The Morgan fingerprint density at radius 3 is 2.60 bits per heavy atom. The van der Waals surface area contributed by atoms with Gasteiger partial charge in [0.25, 0.3) is 0 Å². The van der Waals surface area contributed by atoms with E-state index in [4.69, 9.17) is 9.73 Å². The van der Waals surface area contributed by atoms with E-state index in [-0.39, 0.29) is 0 Å². The molecule has 1 aliphatic rings. The Balaban J connectivity index is 1.79. The van der Waals surface area contributed by atoms with E-state index in [1.54, 1.807) is 0 Å². The van der Waals surface area contributed by atoms with E-state index in [0.29, 0.717) is 12.1 Å². The second-order valence-electron chi connectivity index (χ2n) is 6.79. The van der Waals surface area contributed by atoms with Crippen molar-refractivity contribution in [3.63, 3.8) is 0 Å². The molecule has 0 aromatic heterocycles. The van der Waals surface area contributed by atoms with E-state index in [1.807, 2.05) is 0 Å². The maximum Gasteiger partial charge on any atom is 0.191 e. The van der Waals surface area contributed by atoms with Crippen molar-refractivity contribution >= 4 is 5.96 Å². The highest BCUT2D eigenvalue weighted by molar-refractivity contribution is 5.80. The fourth-order valence-electron chi connectivity index (χ4n) is 3.01. The molecule has 1 fully saturated rings. The SMILES string of the molecule is CCNC(=NCC(C)N1CCOCC1)NC(C)CCc1ccccc1. The maximum atomic E-state index is 5.43. The second-order valence-corrected chi connectivity index (χ2v) is 6.79. The van der Waals surface area contributed by atoms with Crippen LogP contribution in [-0.2, 0) is 11.2 Å². The molecule has 0 amide bonds. The Kier molecular flexibility index (Phi) is 8.77. The van der Waals surface area contributed by atoms with Crippen LogP contribution in [0.2, 0.25) is 0 Å². The van der Waals surface area contributed by atoms with Gasteiger partial charge in [0.1, 0.15) is 0 Å². The number of nitrogens with zero attached hydrogens (tertiary/aromatic N) is 2. The summed E-state index contributed by atoms with van der Waals surface area (Å²) < 4.78 is 5.43. The van der Waals surface area contributed by atoms with Gasteiger partial charge in [0, 0.05) is 31.7 Å². The van der Waals surface area contributed by atoms with E-state index in [9.17, 15) is 0 Å². The van der Waals surface area contributed by atoms with Crippen molar-refractivity contribution in [2.45, 2.75) is 45.7 Å². The fourth-order valence-corrected chi connectivity index (χ4v) is 3.01. The summed E-state index contributed by atoms with van der Waals surface area (Å²) in [5.41, 5.74) is 1.39. The van der Waals surface area contributed by atoms with Crippen molar-refractivity contribution in [3.8, 4) is 0 Å². The summed E-state index contributed by atoms with van der Waals surface area (Å²) in [4.78, 5) is 7.25. The maximum absolute atomic E-state index is 5.43. The summed E-state index contributed by atoms with van der Waals surface area (Å²) in [6.45, 7) is 12.0. The largest absolute Gasteiger partial charge is 0.379 e. The molecular formula is C20H34N4O. The van der Waals surface area contributed by atoms with E-state index < -0.39 is 0 Å². The third-order valence-electron chi connectivity index (χ3n) is 4.62. The van der Waals surface area contributed by atoms with E-state index >= 15 is 0 Å². The normalized spacial score (nSPS) is 18.6. The molecule has 2 atom stereocenters. The zero-order valence-electron chi connectivity index (χ0n) is 16.0. The molecule has 5 nitrogen and oxygen atoms in total. The van der Waals surface area contributed by atoms with Gasteiger partial charge in [-0.3, -0.25) is 9.89 Å². The lowest BCUT2D eigenvalue weighted by Gasteiger charge is -2.31. The molecule has 0 spiro atoms. The molecule has 1 aliphatic heterocycles. The Hall–Kier alpha value is -1.59. The number of morpholine rings is 1. The predicted octanol–water partition coefficient (Wildman–Crippen LogP) is 2.28. The lowest BCUT2D eigenvalue weighted by atomic mass is 10.1. The molecule has 140 valence electrons. The van der Waals surface area contributed by atoms with Gasteiger partial charge in [0.05, 0.1) is 19.8 Å². The van der Waals surface area contributed by atoms with Crippen molar-refractivity contribution in [2.75, 3.05) is 39.4 Å². The number of rotatable bonds is 8. The van der Waals surface area contributed by atoms with E-state index in [1.165, 1.54) is 5.56 Å². The Morgan fingerprint density at radius 2 is 1.92 bits per heavy atom. The minimum atomic E-state index is 0.386. The van der Waals surface area contributed by atoms with Gasteiger partial charge in [0.2, 0.25) is 0 Å². The quantitative estimate of drug-likeness (QED) is 0.560. The van der Waals surface area contributed by atoms with Crippen LogP contribution in [0.15, 0.2) is 35.3 Å². The molecule has 2 rings (SSSR count). The third-order valence-corrected chi connectivity index (χ3v) is 4.62. The molecule has 2 N–H and O–H groups in total. The van der Waals surface area contributed by atoms with Crippen LogP contribution in [0, 0.1) is 0 Å². The average Bonchev–Trinajstić information content (AvgIpc) is 2.66. The molecule has 25 heavy (non-hydrogen) atoms. The highest BCUT2D eigenvalue weighted by Gasteiger charge is 2.16. The number of ether oxygens (including phenoxy) is 1. The van der Waals surface area contributed by atoms with Crippen molar-refractivity contribution < 1.29 is 4.74 Å². The summed E-state index contributed by atoms with van der Waals surface area (Å²) in [6.07, 6.45) is 2.17. The van der Waals surface area contributed by atoms with Crippen LogP contribution in [0.4, 0.5) is 0 Å². The third kappa shape index (κ3) is 7.45. The highest BCUT2D eigenvalue weighted by atomic mass is 16.5. The van der Waals surface area contributed by atoms with Crippen molar-refractivity contribution in [3.05, 3.63) is 35.9 Å². The Labute approximate surface area is 152 Å². The van der Waals surface area contributed by atoms with Gasteiger partial charge >= 0.3 is 0 Å². The predicted molar refractivity (Wildman–Crippen MR) is 105 cm³/mol. The molecule has 0 bridgehead atoms. The van der Waals surface area contributed by atoms with Gasteiger partial charge in [-0.2, -0.15) is 0 Å². The fraction of sp³-hybridized carbons (Fsp3) is 0.650. The molecule has 1 saturated heterocycles. The van der Waals surface area contributed by atoms with Crippen LogP contribution in [-0.4, -0.2) is 62.3 Å². The number of guanidine groups is 1. The van der Waals surface area contributed by atoms with Gasteiger partial charge in [0.15, 0.2) is 5.96 Å². The molecule has 0 aliphatic carbocycles. The molecule has 5 heteroatoms. The molecule has 0 radical (unpaired) electrons. The Morgan fingerprint density at radius 1 is 1.20 bits per heavy atom. The first-order valence-electron chi connectivity index (χ1n) is 9.59. The van der Waals surface area contributed by atoms with Crippen LogP contribution in [0.5, 0.6) is 0 Å². The van der Waals surface area contributed by atoms with Gasteiger partial charge in [-0.15, -0.1) is 0 Å². The van der Waals surface area contributed by atoms with E-state index in [2.05, 4.69) is 66.6 Å². The van der Waals surface area contributed by atoms with Crippen molar-refractivity contribution in [1.29, 1.82) is 0 Å². The Bertz CT molecular complexity index is 500. The molecule has 0 saturated carbocycles. The lowest BCUT2D eigenvalue weighted by molar-refractivity contribution is 0.0220. The first kappa shape index (κ1) is 19.7. The number of aryl methyl sites for hydroxylation is 1. The number of hydrogen-bond donors (Lipinski definition) is 2. The molecular weight excluding hydrogens is 312 g/mol. The van der Waals surface area contributed by atoms with E-state index in [0.717, 1.165) is 58.2 Å². The summed E-state index contributed by atoms with van der Waals surface area (Å²) in [7, 11) is 0. The van der Waals surface area contributed by atoms with Crippen LogP contribution in [0.3, 0.4) is 0 Å². The van der Waals surface area contributed by atoms with Gasteiger partial charge in [-0.1, -0.05) is 30.3 Å². The minimum absolute atomic E-state index is 0.386. The highest BCUT2D eigenvalue weighted by Crippen LogP contribution is 2.06. The van der Waals surface area contributed by atoms with Crippen LogP contribution in [0.1, 0.15) is 32.8 Å². The van der Waals surface area contributed by atoms with Crippen LogP contribution < -0.4 is 10.6 Å². The lowest BCUT2D eigenvalue weighted by Crippen LogP contribution is -2.45. The summed E-state index contributed by atoms with van der Waals surface area (Å²) in [5, 5.41) is 6.91. The number of nitrogens with one attached hydrogen (secondary N) is 2. The molecule has 2 unspecified atom stereocenters. The second kappa shape index (κ2) is 11.1. The molecule has 1 aromatic carbocycles. The van der Waals surface area contributed by atoms with Gasteiger partial charge < -0.3 is 15.4 Å².